The maximum atomic E-state index is 12.6. The number of hydrogen-bond acceptors (Lipinski definition) is 2. The molecule has 0 aromatic heterocycles. The lowest BCUT2D eigenvalue weighted by molar-refractivity contribution is 0.430. The maximum absolute atomic E-state index is 12.6. The Balaban J connectivity index is 1.92. The van der Waals surface area contributed by atoms with Crippen LogP contribution < -0.4 is 0 Å². The summed E-state index contributed by atoms with van der Waals surface area (Å²) in [6, 6.07) is 7.07. The highest BCUT2D eigenvalue weighted by Crippen LogP contribution is 2.32. The Morgan fingerprint density at radius 3 is 2.70 bits per heavy atom. The summed E-state index contributed by atoms with van der Waals surface area (Å²) in [7, 11) is -3.40. The molecule has 106 valence electrons. The van der Waals surface area contributed by atoms with Gasteiger partial charge in [-0.2, -0.15) is 0 Å². The van der Waals surface area contributed by atoms with Gasteiger partial charge in [0.2, 0.25) is 0 Å². The molecule has 0 bridgehead atoms. The molecule has 0 N–H and O–H groups in total. The van der Waals surface area contributed by atoms with Gasteiger partial charge >= 0.3 is 0 Å². The summed E-state index contributed by atoms with van der Waals surface area (Å²) in [4.78, 5) is 0.379. The number of hydrogen-bond donors (Lipinski definition) is 0. The van der Waals surface area contributed by atoms with Crippen LogP contribution in [0.15, 0.2) is 53.1 Å². The van der Waals surface area contributed by atoms with Gasteiger partial charge < -0.3 is 0 Å². The third-order valence-electron chi connectivity index (χ3n) is 4.04. The predicted molar refractivity (Wildman–Crippen MR) is 79.6 cm³/mol. The summed E-state index contributed by atoms with van der Waals surface area (Å²) >= 11 is 0. The molecule has 0 radical (unpaired) electrons. The fourth-order valence-corrected chi connectivity index (χ4v) is 4.18. The molecule has 0 saturated heterocycles. The Morgan fingerprint density at radius 1 is 1.20 bits per heavy atom. The van der Waals surface area contributed by atoms with Crippen molar-refractivity contribution >= 4 is 10.0 Å². The summed E-state index contributed by atoms with van der Waals surface area (Å²) < 4.78 is 26.8. The molecular weight excluding hydrogens is 270 g/mol. The Hall–Kier alpha value is -1.55. The highest BCUT2D eigenvalue weighted by molar-refractivity contribution is 7.89. The van der Waals surface area contributed by atoms with Crippen LogP contribution in [0.2, 0.25) is 0 Å². The van der Waals surface area contributed by atoms with Gasteiger partial charge in [-0.1, -0.05) is 29.8 Å². The average molecular weight is 289 g/mol. The van der Waals surface area contributed by atoms with E-state index in [1.165, 1.54) is 9.88 Å². The summed E-state index contributed by atoms with van der Waals surface area (Å²) in [5, 5.41) is 0. The number of rotatable bonds is 2. The number of aryl methyl sites for hydroxylation is 1. The lowest BCUT2D eigenvalue weighted by Crippen LogP contribution is -2.33. The van der Waals surface area contributed by atoms with E-state index in [1.807, 2.05) is 25.3 Å². The zero-order chi connectivity index (χ0) is 14.2. The van der Waals surface area contributed by atoms with Crippen molar-refractivity contribution in [3.63, 3.8) is 0 Å². The molecule has 1 aromatic carbocycles. The number of sulfonamides is 1. The second-order valence-electron chi connectivity index (χ2n) is 5.49. The smallest absolute Gasteiger partial charge is 0.263 e. The van der Waals surface area contributed by atoms with Gasteiger partial charge in [-0.15, -0.1) is 0 Å². The van der Waals surface area contributed by atoms with E-state index in [9.17, 15) is 8.42 Å². The van der Waals surface area contributed by atoms with Crippen LogP contribution in [0.5, 0.6) is 0 Å². The predicted octanol–water partition coefficient (Wildman–Crippen LogP) is 3.24. The normalized spacial score (nSPS) is 22.4. The number of nitrogens with zero attached hydrogens (tertiary/aromatic N) is 1. The summed E-state index contributed by atoms with van der Waals surface area (Å²) in [6.45, 7) is 2.52. The molecule has 20 heavy (non-hydrogen) atoms. The van der Waals surface area contributed by atoms with E-state index in [0.717, 1.165) is 24.8 Å². The lowest BCUT2D eigenvalue weighted by atomic mass is 9.86. The molecule has 4 heteroatoms. The zero-order valence-corrected chi connectivity index (χ0v) is 12.4. The van der Waals surface area contributed by atoms with Crippen molar-refractivity contribution in [1.29, 1.82) is 0 Å². The Kier molecular flexibility index (Phi) is 3.42. The van der Waals surface area contributed by atoms with Crippen molar-refractivity contribution < 1.29 is 8.42 Å². The van der Waals surface area contributed by atoms with Gasteiger partial charge in [-0.3, -0.25) is 4.31 Å². The van der Waals surface area contributed by atoms with E-state index < -0.39 is 10.0 Å². The van der Waals surface area contributed by atoms with Crippen molar-refractivity contribution in [2.75, 3.05) is 6.54 Å². The third-order valence-corrected chi connectivity index (χ3v) is 5.82. The average Bonchev–Trinajstić information content (AvgIpc) is 2.47. The SMILES string of the molecule is Cc1ccc(S(=O)(=O)N2C=C3CCC=C[C@H]3CC2)cc1. The minimum atomic E-state index is -3.40. The third kappa shape index (κ3) is 2.40. The van der Waals surface area contributed by atoms with Crippen LogP contribution in [-0.2, 0) is 10.0 Å². The van der Waals surface area contributed by atoms with E-state index in [0.29, 0.717) is 17.4 Å². The minimum absolute atomic E-state index is 0.379. The van der Waals surface area contributed by atoms with E-state index in [4.69, 9.17) is 0 Å². The Morgan fingerprint density at radius 2 is 1.95 bits per heavy atom. The number of benzene rings is 1. The van der Waals surface area contributed by atoms with Crippen LogP contribution in [0.4, 0.5) is 0 Å². The van der Waals surface area contributed by atoms with Crippen molar-refractivity contribution in [1.82, 2.24) is 4.31 Å². The highest BCUT2D eigenvalue weighted by atomic mass is 32.2. The van der Waals surface area contributed by atoms with Gasteiger partial charge in [0.1, 0.15) is 0 Å². The van der Waals surface area contributed by atoms with Gasteiger partial charge in [0.05, 0.1) is 4.90 Å². The molecule has 0 unspecified atom stereocenters. The van der Waals surface area contributed by atoms with Gasteiger partial charge in [0.15, 0.2) is 0 Å². The first kappa shape index (κ1) is 13.4. The molecule has 3 nitrogen and oxygen atoms in total. The second-order valence-corrected chi connectivity index (χ2v) is 7.39. The molecule has 3 rings (SSSR count). The first-order valence-electron chi connectivity index (χ1n) is 7.03. The maximum Gasteiger partial charge on any atom is 0.263 e. The molecule has 0 saturated carbocycles. The van der Waals surface area contributed by atoms with Gasteiger partial charge in [0, 0.05) is 18.7 Å². The van der Waals surface area contributed by atoms with Gasteiger partial charge in [-0.25, -0.2) is 8.42 Å². The molecule has 0 amide bonds. The monoisotopic (exact) mass is 289 g/mol. The topological polar surface area (TPSA) is 37.4 Å². The fourth-order valence-electron chi connectivity index (χ4n) is 2.81. The first-order valence-corrected chi connectivity index (χ1v) is 8.47. The van der Waals surface area contributed by atoms with E-state index in [1.54, 1.807) is 12.1 Å². The van der Waals surface area contributed by atoms with Crippen LogP contribution in [0.1, 0.15) is 24.8 Å². The molecule has 0 spiro atoms. The molecule has 1 aliphatic heterocycles. The molecular formula is C16H19NO2S. The van der Waals surface area contributed by atoms with Crippen molar-refractivity contribution in [3.8, 4) is 0 Å². The van der Waals surface area contributed by atoms with E-state index in [-0.39, 0.29) is 0 Å². The number of fused-ring (bicyclic) bond motifs is 1. The van der Waals surface area contributed by atoms with Crippen LogP contribution in [-0.4, -0.2) is 19.3 Å². The summed E-state index contributed by atoms with van der Waals surface area (Å²) in [5.74, 6) is 0.438. The standard InChI is InChI=1S/C16H19NO2S/c1-13-6-8-16(9-7-13)20(18,19)17-11-10-14-4-2-3-5-15(14)12-17/h2,4,6-9,12,14H,3,5,10-11H2,1H3/t14-/m0/s1. The minimum Gasteiger partial charge on any atom is -0.273 e. The molecule has 2 aliphatic rings. The van der Waals surface area contributed by atoms with Crippen LogP contribution in [0.25, 0.3) is 0 Å². The highest BCUT2D eigenvalue weighted by Gasteiger charge is 2.28. The van der Waals surface area contributed by atoms with E-state index >= 15 is 0 Å². The van der Waals surface area contributed by atoms with Crippen molar-refractivity contribution in [2.24, 2.45) is 5.92 Å². The fraction of sp³-hybridized carbons (Fsp3) is 0.375. The second kappa shape index (κ2) is 5.09. The van der Waals surface area contributed by atoms with Crippen molar-refractivity contribution in [3.05, 3.63) is 53.8 Å². The zero-order valence-electron chi connectivity index (χ0n) is 11.6. The number of allylic oxidation sites excluding steroid dienone is 3. The summed E-state index contributed by atoms with van der Waals surface area (Å²) in [5.41, 5.74) is 2.31. The van der Waals surface area contributed by atoms with Crippen LogP contribution in [0.3, 0.4) is 0 Å². The molecule has 1 aliphatic carbocycles. The molecule has 1 atom stereocenters. The lowest BCUT2D eigenvalue weighted by Gasteiger charge is -2.32. The molecule has 1 heterocycles. The van der Waals surface area contributed by atoms with Crippen molar-refractivity contribution in [2.45, 2.75) is 31.1 Å². The quantitative estimate of drug-likeness (QED) is 0.784. The summed E-state index contributed by atoms with van der Waals surface area (Å²) in [6.07, 6.45) is 9.14. The van der Waals surface area contributed by atoms with Gasteiger partial charge in [-0.05, 0) is 43.9 Å². The first-order chi connectivity index (χ1) is 9.57. The molecule has 1 aromatic rings. The largest absolute Gasteiger partial charge is 0.273 e. The van der Waals surface area contributed by atoms with Crippen LogP contribution in [0, 0.1) is 12.8 Å². The molecule has 0 fully saturated rings. The van der Waals surface area contributed by atoms with Crippen LogP contribution >= 0.6 is 0 Å². The Labute approximate surface area is 120 Å². The van der Waals surface area contributed by atoms with Gasteiger partial charge in [0.25, 0.3) is 10.0 Å². The Bertz CT molecular complexity index is 656. The van der Waals surface area contributed by atoms with E-state index in [2.05, 4.69) is 12.2 Å².